The van der Waals surface area contributed by atoms with Crippen molar-refractivity contribution in [1.29, 1.82) is 0 Å². The Kier molecular flexibility index (Phi) is 3.79. The second-order valence-corrected chi connectivity index (χ2v) is 6.60. The van der Waals surface area contributed by atoms with Crippen LogP contribution in [0.2, 0.25) is 0 Å². The maximum Gasteiger partial charge on any atom is 0.147 e. The van der Waals surface area contributed by atoms with Gasteiger partial charge >= 0.3 is 0 Å². The summed E-state index contributed by atoms with van der Waals surface area (Å²) in [4.78, 5) is 2.44. The lowest BCUT2D eigenvalue weighted by Gasteiger charge is -2.38. The average molecular weight is 279 g/mol. The summed E-state index contributed by atoms with van der Waals surface area (Å²) in [6.45, 7) is 7.41. The van der Waals surface area contributed by atoms with Gasteiger partial charge in [-0.1, -0.05) is 0 Å². The number of aliphatic hydroxyl groups excluding tert-OH is 1. The van der Waals surface area contributed by atoms with Gasteiger partial charge in [-0.3, -0.25) is 4.90 Å². The van der Waals surface area contributed by atoms with Crippen molar-refractivity contribution in [3.63, 3.8) is 0 Å². The van der Waals surface area contributed by atoms with Gasteiger partial charge in [0.05, 0.1) is 13.2 Å². The van der Waals surface area contributed by atoms with Crippen LogP contribution in [0.1, 0.15) is 38.9 Å². The van der Waals surface area contributed by atoms with E-state index in [0.717, 1.165) is 31.9 Å². The lowest BCUT2D eigenvalue weighted by atomic mass is 9.93. The Bertz CT molecular complexity index is 458. The maximum absolute atomic E-state index is 9.73. The molecule has 0 spiro atoms. The van der Waals surface area contributed by atoms with Gasteiger partial charge in [0.15, 0.2) is 0 Å². The molecule has 0 aromatic carbocycles. The van der Waals surface area contributed by atoms with Crippen molar-refractivity contribution in [3.05, 3.63) is 12.2 Å². The first kappa shape index (κ1) is 14.0. The number of rotatable bonds is 6. The summed E-state index contributed by atoms with van der Waals surface area (Å²) in [6, 6.07) is 1.03. The van der Waals surface area contributed by atoms with E-state index in [9.17, 15) is 5.11 Å². The summed E-state index contributed by atoms with van der Waals surface area (Å²) in [5.74, 6) is 1.05. The molecule has 0 amide bonds. The van der Waals surface area contributed by atoms with Gasteiger partial charge in [0.1, 0.15) is 12.2 Å². The van der Waals surface area contributed by atoms with Gasteiger partial charge in [0, 0.05) is 30.7 Å². The fourth-order valence-electron chi connectivity index (χ4n) is 3.13. The predicted molar refractivity (Wildman–Crippen MR) is 76.2 cm³/mol. The Morgan fingerprint density at radius 1 is 1.50 bits per heavy atom. The summed E-state index contributed by atoms with van der Waals surface area (Å²) < 4.78 is 2.12. The summed E-state index contributed by atoms with van der Waals surface area (Å²) in [6.07, 6.45) is 5.26. The maximum atomic E-state index is 9.73. The van der Waals surface area contributed by atoms with Crippen molar-refractivity contribution in [2.24, 2.45) is 0 Å². The second kappa shape index (κ2) is 5.42. The smallest absolute Gasteiger partial charge is 0.147 e. The first-order valence-electron chi connectivity index (χ1n) is 7.59. The lowest BCUT2D eigenvalue weighted by molar-refractivity contribution is 0.0963. The molecule has 1 aliphatic carbocycles. The fourth-order valence-corrected chi connectivity index (χ4v) is 3.13. The third-order valence-corrected chi connectivity index (χ3v) is 4.52. The van der Waals surface area contributed by atoms with Gasteiger partial charge < -0.3 is 15.0 Å². The normalized spacial score (nSPS) is 24.1. The van der Waals surface area contributed by atoms with Crippen LogP contribution in [0.15, 0.2) is 6.33 Å². The highest BCUT2D eigenvalue weighted by atomic mass is 16.3. The SMILES string of the molecule is CC(CC(C)(CO)NC1CC1)N1CCn2cnnc2C1. The summed E-state index contributed by atoms with van der Waals surface area (Å²) in [7, 11) is 0. The number of hydrogen-bond acceptors (Lipinski definition) is 5. The van der Waals surface area contributed by atoms with Crippen LogP contribution in [0.5, 0.6) is 0 Å². The minimum Gasteiger partial charge on any atom is -0.394 e. The first-order valence-corrected chi connectivity index (χ1v) is 7.59. The molecular weight excluding hydrogens is 254 g/mol. The molecule has 3 rings (SSSR count). The van der Waals surface area contributed by atoms with Crippen LogP contribution < -0.4 is 5.32 Å². The number of hydrogen-bond donors (Lipinski definition) is 2. The number of aromatic nitrogens is 3. The largest absolute Gasteiger partial charge is 0.394 e. The van der Waals surface area contributed by atoms with Crippen LogP contribution >= 0.6 is 0 Å². The third kappa shape index (κ3) is 3.02. The molecule has 1 fully saturated rings. The summed E-state index contributed by atoms with van der Waals surface area (Å²) in [5, 5.41) is 21.5. The van der Waals surface area contributed by atoms with Crippen LogP contribution in [0.25, 0.3) is 0 Å². The van der Waals surface area contributed by atoms with E-state index in [1.54, 1.807) is 0 Å². The quantitative estimate of drug-likeness (QED) is 0.788. The molecule has 0 radical (unpaired) electrons. The monoisotopic (exact) mass is 279 g/mol. The molecular formula is C14H25N5O. The molecule has 20 heavy (non-hydrogen) atoms. The molecule has 1 aromatic heterocycles. The van der Waals surface area contributed by atoms with Crippen molar-refractivity contribution in [2.45, 2.75) is 63.8 Å². The molecule has 2 aliphatic rings. The van der Waals surface area contributed by atoms with Gasteiger partial charge in [-0.2, -0.15) is 0 Å². The van der Waals surface area contributed by atoms with Crippen molar-refractivity contribution < 1.29 is 5.11 Å². The van der Waals surface area contributed by atoms with Crippen molar-refractivity contribution in [1.82, 2.24) is 25.0 Å². The van der Waals surface area contributed by atoms with Crippen molar-refractivity contribution in [2.75, 3.05) is 13.2 Å². The Hall–Kier alpha value is -0.980. The molecule has 112 valence electrons. The Labute approximate surface area is 120 Å². The van der Waals surface area contributed by atoms with E-state index in [1.807, 2.05) is 6.33 Å². The van der Waals surface area contributed by atoms with Gasteiger partial charge in [0.25, 0.3) is 0 Å². The zero-order valence-electron chi connectivity index (χ0n) is 12.4. The number of nitrogens with zero attached hydrogens (tertiary/aromatic N) is 4. The zero-order chi connectivity index (χ0) is 14.2. The molecule has 2 unspecified atom stereocenters. The highest BCUT2D eigenvalue weighted by molar-refractivity contribution is 4.96. The molecule has 1 aromatic rings. The average Bonchev–Trinajstić information content (AvgIpc) is 3.11. The van der Waals surface area contributed by atoms with Crippen LogP contribution in [0, 0.1) is 0 Å². The molecule has 6 heteroatoms. The fraction of sp³-hybridized carbons (Fsp3) is 0.857. The molecule has 1 saturated carbocycles. The molecule has 6 nitrogen and oxygen atoms in total. The molecule has 2 heterocycles. The lowest BCUT2D eigenvalue weighted by Crippen LogP contribution is -2.52. The van der Waals surface area contributed by atoms with Crippen LogP contribution in [-0.2, 0) is 13.1 Å². The summed E-state index contributed by atoms with van der Waals surface area (Å²) in [5.41, 5.74) is -0.175. The van der Waals surface area contributed by atoms with Crippen LogP contribution in [0.4, 0.5) is 0 Å². The molecule has 1 aliphatic heterocycles. The minimum absolute atomic E-state index is 0.175. The first-order chi connectivity index (χ1) is 9.59. The van der Waals surface area contributed by atoms with Crippen molar-refractivity contribution in [3.8, 4) is 0 Å². The van der Waals surface area contributed by atoms with Crippen LogP contribution in [-0.4, -0.2) is 55.5 Å². The van der Waals surface area contributed by atoms with E-state index < -0.39 is 0 Å². The van der Waals surface area contributed by atoms with E-state index in [0.29, 0.717) is 12.1 Å². The standard InChI is InChI=1S/C14H25N5O/c1-11(7-14(2,9-20)16-12-3-4-12)18-5-6-19-10-15-17-13(19)8-18/h10-12,16,20H,3-9H2,1-2H3. The van der Waals surface area contributed by atoms with Crippen molar-refractivity contribution >= 4 is 0 Å². The van der Waals surface area contributed by atoms with Crippen LogP contribution in [0.3, 0.4) is 0 Å². The highest BCUT2D eigenvalue weighted by Gasteiger charge is 2.34. The van der Waals surface area contributed by atoms with E-state index in [-0.39, 0.29) is 12.1 Å². The number of fused-ring (bicyclic) bond motifs is 1. The Balaban J connectivity index is 1.59. The number of aliphatic hydroxyl groups is 1. The van der Waals surface area contributed by atoms with E-state index in [2.05, 4.69) is 38.8 Å². The second-order valence-electron chi connectivity index (χ2n) is 6.60. The van der Waals surface area contributed by atoms with Gasteiger partial charge in [0.2, 0.25) is 0 Å². The van der Waals surface area contributed by atoms with Gasteiger partial charge in [-0.25, -0.2) is 0 Å². The number of nitrogens with one attached hydrogen (secondary N) is 1. The van der Waals surface area contributed by atoms with Gasteiger partial charge in [-0.05, 0) is 33.1 Å². The highest BCUT2D eigenvalue weighted by Crippen LogP contribution is 2.26. The molecule has 0 bridgehead atoms. The Morgan fingerprint density at radius 3 is 3.00 bits per heavy atom. The zero-order valence-corrected chi connectivity index (χ0v) is 12.4. The molecule has 2 N–H and O–H groups in total. The van der Waals surface area contributed by atoms with Gasteiger partial charge in [-0.15, -0.1) is 10.2 Å². The van der Waals surface area contributed by atoms with E-state index in [4.69, 9.17) is 0 Å². The van der Waals surface area contributed by atoms with E-state index >= 15 is 0 Å². The van der Waals surface area contributed by atoms with E-state index in [1.165, 1.54) is 12.8 Å². The predicted octanol–water partition coefficient (Wildman–Crippen LogP) is 0.375. The summed E-state index contributed by atoms with van der Waals surface area (Å²) >= 11 is 0. The Morgan fingerprint density at radius 2 is 2.30 bits per heavy atom. The molecule has 0 saturated heterocycles. The molecule has 2 atom stereocenters. The third-order valence-electron chi connectivity index (χ3n) is 4.52. The minimum atomic E-state index is -0.175. The topological polar surface area (TPSA) is 66.2 Å².